The van der Waals surface area contributed by atoms with Crippen molar-refractivity contribution in [2.45, 2.75) is 5.92 Å². The molecule has 0 aliphatic carbocycles. The van der Waals surface area contributed by atoms with Crippen LogP contribution in [-0.2, 0) is 5.92 Å². The third kappa shape index (κ3) is 2.55. The van der Waals surface area contributed by atoms with E-state index in [1.165, 1.54) is 24.3 Å². The highest BCUT2D eigenvalue weighted by molar-refractivity contribution is 5.73. The number of aromatic nitrogens is 1. The molecule has 3 aromatic rings. The van der Waals surface area contributed by atoms with Gasteiger partial charge in [-0.3, -0.25) is 0 Å². The molecule has 0 saturated carbocycles. The fourth-order valence-corrected chi connectivity index (χ4v) is 2.33. The van der Waals surface area contributed by atoms with Gasteiger partial charge < -0.3 is 5.73 Å². The first-order valence-electron chi connectivity index (χ1n) is 6.84. The lowest BCUT2D eigenvalue weighted by atomic mass is 9.97. The highest BCUT2D eigenvalue weighted by Crippen LogP contribution is 2.36. The molecule has 2 aromatic carbocycles. The Hall–Kier alpha value is -2.75. The number of nitrogens with two attached hydrogens (primary N) is 1. The van der Waals surface area contributed by atoms with Gasteiger partial charge in [0.05, 0.1) is 0 Å². The van der Waals surface area contributed by atoms with Gasteiger partial charge in [-0.2, -0.15) is 8.78 Å². The summed E-state index contributed by atoms with van der Waals surface area (Å²) < 4.78 is 28.9. The first-order chi connectivity index (χ1) is 10.6. The molecular weight excluding hydrogens is 282 g/mol. The van der Waals surface area contributed by atoms with Crippen LogP contribution in [0, 0.1) is 0 Å². The van der Waals surface area contributed by atoms with E-state index < -0.39 is 5.92 Å². The molecule has 0 aliphatic rings. The molecule has 0 radical (unpaired) electrons. The van der Waals surface area contributed by atoms with Gasteiger partial charge in [0.15, 0.2) is 0 Å². The Labute approximate surface area is 127 Å². The molecule has 0 bridgehead atoms. The monoisotopic (exact) mass is 296 g/mol. The Balaban J connectivity index is 1.97. The van der Waals surface area contributed by atoms with Gasteiger partial charge in [-0.15, -0.1) is 0 Å². The quantitative estimate of drug-likeness (QED) is 0.774. The maximum absolute atomic E-state index is 14.5. The van der Waals surface area contributed by atoms with Gasteiger partial charge >= 0.3 is 0 Å². The number of anilines is 1. The SMILES string of the molecule is Nc1ncccc1-c1ccc(C(F)(F)c2ccccc2)cc1. The summed E-state index contributed by atoms with van der Waals surface area (Å²) in [6, 6.07) is 17.5. The molecule has 22 heavy (non-hydrogen) atoms. The second-order valence-corrected chi connectivity index (χ2v) is 4.95. The van der Waals surface area contributed by atoms with Gasteiger partial charge in [0.25, 0.3) is 5.92 Å². The number of benzene rings is 2. The lowest BCUT2D eigenvalue weighted by Crippen LogP contribution is -2.14. The minimum Gasteiger partial charge on any atom is -0.383 e. The summed E-state index contributed by atoms with van der Waals surface area (Å²) >= 11 is 0. The summed E-state index contributed by atoms with van der Waals surface area (Å²) in [7, 11) is 0. The third-order valence-corrected chi connectivity index (χ3v) is 3.53. The second-order valence-electron chi connectivity index (χ2n) is 4.95. The van der Waals surface area contributed by atoms with Gasteiger partial charge in [0.2, 0.25) is 0 Å². The summed E-state index contributed by atoms with van der Waals surface area (Å²) in [6.45, 7) is 0. The summed E-state index contributed by atoms with van der Waals surface area (Å²) in [5, 5.41) is 0. The van der Waals surface area contributed by atoms with Crippen LogP contribution in [0.2, 0.25) is 0 Å². The zero-order valence-corrected chi connectivity index (χ0v) is 11.7. The van der Waals surface area contributed by atoms with E-state index in [0.29, 0.717) is 5.82 Å². The average Bonchev–Trinajstić information content (AvgIpc) is 2.56. The number of hydrogen-bond acceptors (Lipinski definition) is 2. The predicted molar refractivity (Wildman–Crippen MR) is 83.5 cm³/mol. The molecule has 2 N–H and O–H groups in total. The van der Waals surface area contributed by atoms with Crippen molar-refractivity contribution in [1.82, 2.24) is 4.98 Å². The largest absolute Gasteiger partial charge is 0.383 e. The number of hydrogen-bond donors (Lipinski definition) is 1. The molecule has 1 aromatic heterocycles. The van der Waals surface area contributed by atoms with E-state index in [9.17, 15) is 8.78 Å². The van der Waals surface area contributed by atoms with Gasteiger partial charge in [-0.1, -0.05) is 54.6 Å². The highest BCUT2D eigenvalue weighted by Gasteiger charge is 2.33. The fraction of sp³-hybridized carbons (Fsp3) is 0.0556. The first-order valence-corrected chi connectivity index (χ1v) is 6.84. The number of pyridine rings is 1. The van der Waals surface area contributed by atoms with Crippen LogP contribution in [0.25, 0.3) is 11.1 Å². The summed E-state index contributed by atoms with van der Waals surface area (Å²) in [4.78, 5) is 4.00. The van der Waals surface area contributed by atoms with Crippen molar-refractivity contribution in [1.29, 1.82) is 0 Å². The zero-order chi connectivity index (χ0) is 15.6. The number of rotatable bonds is 3. The molecule has 0 aliphatic heterocycles. The molecule has 4 heteroatoms. The Morgan fingerprint density at radius 1 is 0.773 bits per heavy atom. The molecule has 110 valence electrons. The number of alkyl halides is 2. The molecule has 1 heterocycles. The topological polar surface area (TPSA) is 38.9 Å². The minimum absolute atomic E-state index is 0.0244. The normalized spacial score (nSPS) is 11.4. The molecule has 0 fully saturated rings. The molecule has 0 saturated heterocycles. The van der Waals surface area contributed by atoms with Crippen LogP contribution in [0.15, 0.2) is 72.9 Å². The van der Waals surface area contributed by atoms with Gasteiger partial charge in [0, 0.05) is 22.9 Å². The standard InChI is InChI=1S/C18H14F2N2/c19-18(20,14-5-2-1-3-6-14)15-10-8-13(9-11-15)16-7-4-12-22-17(16)21/h1-12H,(H2,21,22). The second kappa shape index (κ2) is 5.56. The Kier molecular flexibility index (Phi) is 3.59. The Morgan fingerprint density at radius 3 is 2.05 bits per heavy atom. The van der Waals surface area contributed by atoms with Crippen molar-refractivity contribution in [3.8, 4) is 11.1 Å². The van der Waals surface area contributed by atoms with E-state index in [1.54, 1.807) is 42.6 Å². The van der Waals surface area contributed by atoms with Crippen LogP contribution in [-0.4, -0.2) is 4.98 Å². The van der Waals surface area contributed by atoms with E-state index >= 15 is 0 Å². The predicted octanol–water partition coefficient (Wildman–Crippen LogP) is 4.47. The van der Waals surface area contributed by atoms with E-state index in [1.807, 2.05) is 6.07 Å². The van der Waals surface area contributed by atoms with Crippen LogP contribution in [0.4, 0.5) is 14.6 Å². The Morgan fingerprint density at radius 2 is 1.41 bits per heavy atom. The third-order valence-electron chi connectivity index (χ3n) is 3.53. The maximum Gasteiger partial charge on any atom is 0.298 e. The van der Waals surface area contributed by atoms with Crippen molar-refractivity contribution >= 4 is 5.82 Å². The molecule has 2 nitrogen and oxygen atoms in total. The first kappa shape index (κ1) is 14.2. The summed E-state index contributed by atoms with van der Waals surface area (Å²) in [6.07, 6.45) is 1.59. The number of nitrogen functional groups attached to an aromatic ring is 1. The van der Waals surface area contributed by atoms with Crippen molar-refractivity contribution in [3.63, 3.8) is 0 Å². The van der Waals surface area contributed by atoms with Gasteiger partial charge in [-0.25, -0.2) is 4.98 Å². The lowest BCUT2D eigenvalue weighted by Gasteiger charge is -2.17. The van der Waals surface area contributed by atoms with Crippen LogP contribution >= 0.6 is 0 Å². The van der Waals surface area contributed by atoms with Crippen LogP contribution in [0.5, 0.6) is 0 Å². The number of nitrogens with zero attached hydrogens (tertiary/aromatic N) is 1. The van der Waals surface area contributed by atoms with Crippen LogP contribution in [0.1, 0.15) is 11.1 Å². The maximum atomic E-state index is 14.5. The number of halogens is 2. The molecular formula is C18H14F2N2. The van der Waals surface area contributed by atoms with E-state index in [4.69, 9.17) is 5.73 Å². The summed E-state index contributed by atoms with van der Waals surface area (Å²) in [5.41, 5.74) is 7.23. The van der Waals surface area contributed by atoms with Crippen molar-refractivity contribution in [2.24, 2.45) is 0 Å². The fourth-order valence-electron chi connectivity index (χ4n) is 2.33. The lowest BCUT2D eigenvalue weighted by molar-refractivity contribution is 0.0428. The molecule has 0 unspecified atom stereocenters. The molecule has 0 amide bonds. The van der Waals surface area contributed by atoms with Gasteiger partial charge in [-0.05, 0) is 17.7 Å². The molecule has 0 atom stereocenters. The van der Waals surface area contributed by atoms with E-state index in [-0.39, 0.29) is 11.1 Å². The Bertz CT molecular complexity index is 769. The van der Waals surface area contributed by atoms with Crippen molar-refractivity contribution < 1.29 is 8.78 Å². The zero-order valence-electron chi connectivity index (χ0n) is 11.7. The van der Waals surface area contributed by atoms with Crippen molar-refractivity contribution in [2.75, 3.05) is 5.73 Å². The summed E-state index contributed by atoms with van der Waals surface area (Å²) in [5.74, 6) is -2.65. The van der Waals surface area contributed by atoms with Crippen LogP contribution < -0.4 is 5.73 Å². The van der Waals surface area contributed by atoms with Crippen molar-refractivity contribution in [3.05, 3.63) is 84.1 Å². The molecule has 0 spiro atoms. The van der Waals surface area contributed by atoms with Gasteiger partial charge in [0.1, 0.15) is 5.82 Å². The smallest absolute Gasteiger partial charge is 0.298 e. The van der Waals surface area contributed by atoms with E-state index in [2.05, 4.69) is 4.98 Å². The van der Waals surface area contributed by atoms with E-state index in [0.717, 1.165) is 11.1 Å². The highest BCUT2D eigenvalue weighted by atomic mass is 19.3. The average molecular weight is 296 g/mol. The minimum atomic E-state index is -3.03. The van der Waals surface area contributed by atoms with Crippen LogP contribution in [0.3, 0.4) is 0 Å². The molecule has 3 rings (SSSR count).